The van der Waals surface area contributed by atoms with Crippen molar-refractivity contribution in [1.82, 2.24) is 20.4 Å². The summed E-state index contributed by atoms with van der Waals surface area (Å²) >= 11 is 6.24. The second-order valence-electron chi connectivity index (χ2n) is 7.95. The van der Waals surface area contributed by atoms with Crippen molar-refractivity contribution < 1.29 is 9.90 Å². The number of fused-ring (bicyclic) bond motifs is 1. The molecule has 3 N–H and O–H groups in total. The Kier molecular flexibility index (Phi) is 6.11. The smallest absolute Gasteiger partial charge is 0.317 e. The predicted octanol–water partition coefficient (Wildman–Crippen LogP) is 3.61. The molecule has 3 rings (SSSR count). The molecule has 28 heavy (non-hydrogen) atoms. The number of aromatic nitrogens is 2. The van der Waals surface area contributed by atoms with Crippen LogP contribution in [0.2, 0.25) is 5.02 Å². The van der Waals surface area contributed by atoms with Crippen molar-refractivity contribution in [1.29, 1.82) is 5.26 Å². The van der Waals surface area contributed by atoms with Crippen molar-refractivity contribution in [2.75, 3.05) is 19.6 Å². The minimum absolute atomic E-state index is 0.124. The third kappa shape index (κ3) is 4.08. The summed E-state index contributed by atoms with van der Waals surface area (Å²) in [7, 11) is 0. The Morgan fingerprint density at radius 3 is 2.89 bits per heavy atom. The number of nitrogens with zero attached hydrogens (tertiary/aromatic N) is 3. The topological polar surface area (TPSA) is 105 Å². The van der Waals surface area contributed by atoms with Crippen molar-refractivity contribution in [2.24, 2.45) is 11.3 Å². The van der Waals surface area contributed by atoms with Gasteiger partial charge in [0, 0.05) is 35.6 Å². The molecule has 1 saturated heterocycles. The summed E-state index contributed by atoms with van der Waals surface area (Å²) in [6, 6.07) is 5.52. The lowest BCUT2D eigenvalue weighted by molar-refractivity contribution is -0.0143. The predicted molar refractivity (Wildman–Crippen MR) is 108 cm³/mol. The van der Waals surface area contributed by atoms with Crippen LogP contribution in [0, 0.1) is 22.7 Å². The molecular weight excluding hydrogens is 378 g/mol. The fourth-order valence-electron chi connectivity index (χ4n) is 4.05. The fourth-order valence-corrected chi connectivity index (χ4v) is 4.29. The van der Waals surface area contributed by atoms with Crippen LogP contribution in [-0.4, -0.2) is 45.9 Å². The number of aliphatic hydroxyl groups excluding tert-OH is 1. The highest BCUT2D eigenvalue weighted by Gasteiger charge is 2.40. The lowest BCUT2D eigenvalue weighted by atomic mass is 9.68. The molecule has 8 heteroatoms. The van der Waals surface area contributed by atoms with Gasteiger partial charge in [-0.05, 0) is 36.3 Å². The number of carbonyl (C=O) groups excluding carboxylic acids is 1. The molecule has 1 aromatic carbocycles. The molecular formula is C20H26ClN5O2. The van der Waals surface area contributed by atoms with Gasteiger partial charge in [-0.1, -0.05) is 25.4 Å². The van der Waals surface area contributed by atoms with Gasteiger partial charge in [-0.3, -0.25) is 5.10 Å². The highest BCUT2D eigenvalue weighted by molar-refractivity contribution is 6.31. The zero-order valence-corrected chi connectivity index (χ0v) is 17.0. The Morgan fingerprint density at radius 2 is 2.21 bits per heavy atom. The number of aliphatic hydroxyl groups is 1. The zero-order valence-electron chi connectivity index (χ0n) is 16.2. The number of aromatic amines is 1. The number of hydrogen-bond donors (Lipinski definition) is 3. The monoisotopic (exact) mass is 403 g/mol. The van der Waals surface area contributed by atoms with Crippen LogP contribution in [0.25, 0.3) is 10.9 Å². The molecule has 1 fully saturated rings. The van der Waals surface area contributed by atoms with Gasteiger partial charge in [0.2, 0.25) is 0 Å². The lowest BCUT2D eigenvalue weighted by Crippen LogP contribution is -2.47. The first-order chi connectivity index (χ1) is 13.3. The van der Waals surface area contributed by atoms with E-state index in [1.165, 1.54) is 0 Å². The second-order valence-corrected chi connectivity index (χ2v) is 8.39. The number of H-pyrrole nitrogens is 1. The lowest BCUT2D eigenvalue weighted by Gasteiger charge is -2.43. The Morgan fingerprint density at radius 1 is 1.50 bits per heavy atom. The van der Waals surface area contributed by atoms with Crippen molar-refractivity contribution in [3.05, 3.63) is 28.9 Å². The quantitative estimate of drug-likeness (QED) is 0.663. The van der Waals surface area contributed by atoms with Gasteiger partial charge in [0.25, 0.3) is 0 Å². The minimum Gasteiger partial charge on any atom is -0.388 e. The van der Waals surface area contributed by atoms with Crippen molar-refractivity contribution in [2.45, 2.75) is 39.2 Å². The summed E-state index contributed by atoms with van der Waals surface area (Å²) in [5, 5.41) is 31.1. The summed E-state index contributed by atoms with van der Waals surface area (Å²) in [6.07, 6.45) is 2.91. The molecule has 0 saturated carbocycles. The van der Waals surface area contributed by atoms with Crippen LogP contribution in [0.5, 0.6) is 0 Å². The minimum atomic E-state index is -0.713. The highest BCUT2D eigenvalue weighted by Crippen LogP contribution is 2.46. The maximum Gasteiger partial charge on any atom is 0.317 e. The molecule has 1 atom stereocenters. The van der Waals surface area contributed by atoms with E-state index in [-0.39, 0.29) is 11.9 Å². The van der Waals surface area contributed by atoms with E-state index in [1.807, 2.05) is 12.1 Å². The SMILES string of the molecule is CC(C)(C1CCN(C(=O)NCCC#N)CC1)C(O)c1cc(Cl)cc2cn[nH]c12. The molecule has 150 valence electrons. The summed E-state index contributed by atoms with van der Waals surface area (Å²) < 4.78 is 0. The van der Waals surface area contributed by atoms with Gasteiger partial charge >= 0.3 is 6.03 Å². The van der Waals surface area contributed by atoms with Crippen LogP contribution in [0.1, 0.15) is 44.8 Å². The molecule has 2 aromatic rings. The van der Waals surface area contributed by atoms with Gasteiger partial charge < -0.3 is 15.3 Å². The normalized spacial score (nSPS) is 16.8. The molecule has 0 spiro atoms. The molecule has 2 amide bonds. The summed E-state index contributed by atoms with van der Waals surface area (Å²) in [5.41, 5.74) is 1.16. The highest BCUT2D eigenvalue weighted by atomic mass is 35.5. The van der Waals surface area contributed by atoms with E-state index >= 15 is 0 Å². The first kappa shape index (κ1) is 20.4. The molecule has 0 aliphatic carbocycles. The fraction of sp³-hybridized carbons (Fsp3) is 0.550. The third-order valence-corrected chi connectivity index (χ3v) is 6.11. The number of benzene rings is 1. The zero-order chi connectivity index (χ0) is 20.3. The van der Waals surface area contributed by atoms with Crippen LogP contribution in [0.3, 0.4) is 0 Å². The van der Waals surface area contributed by atoms with Crippen LogP contribution < -0.4 is 5.32 Å². The number of halogens is 1. The van der Waals surface area contributed by atoms with E-state index in [2.05, 4.69) is 29.4 Å². The summed E-state index contributed by atoms with van der Waals surface area (Å²) in [6.45, 7) is 5.76. The summed E-state index contributed by atoms with van der Waals surface area (Å²) in [5.74, 6) is 0.252. The van der Waals surface area contributed by atoms with E-state index in [9.17, 15) is 9.90 Å². The van der Waals surface area contributed by atoms with Crippen LogP contribution in [0.4, 0.5) is 4.79 Å². The Hall–Kier alpha value is -2.30. The van der Waals surface area contributed by atoms with E-state index in [0.29, 0.717) is 31.1 Å². The van der Waals surface area contributed by atoms with Gasteiger partial charge in [0.05, 0.1) is 30.3 Å². The standard InChI is InChI=1S/C20H26ClN5O2/c1-20(2,14-4-8-26(9-5-14)19(28)23-7-3-6-22)18(27)16-11-15(21)10-13-12-24-25-17(13)16/h10-12,14,18,27H,3-5,7-9H2,1-2H3,(H,23,28)(H,24,25). The van der Waals surface area contributed by atoms with Gasteiger partial charge in [0.15, 0.2) is 0 Å². The number of urea groups is 1. The number of carbonyl (C=O) groups is 1. The number of hydrogen-bond acceptors (Lipinski definition) is 4. The van der Waals surface area contributed by atoms with Crippen LogP contribution in [-0.2, 0) is 0 Å². The molecule has 7 nitrogen and oxygen atoms in total. The Bertz CT molecular complexity index is 880. The first-order valence-electron chi connectivity index (χ1n) is 9.55. The third-order valence-electron chi connectivity index (χ3n) is 5.89. The van der Waals surface area contributed by atoms with E-state index < -0.39 is 11.5 Å². The van der Waals surface area contributed by atoms with Gasteiger partial charge in [-0.2, -0.15) is 10.4 Å². The molecule has 1 unspecified atom stereocenters. The maximum atomic E-state index is 12.2. The molecule has 2 heterocycles. The molecule has 1 aliphatic heterocycles. The Balaban J connectivity index is 1.69. The molecule has 0 bridgehead atoms. The molecule has 0 radical (unpaired) electrons. The average molecular weight is 404 g/mol. The van der Waals surface area contributed by atoms with Crippen molar-refractivity contribution in [3.63, 3.8) is 0 Å². The van der Waals surface area contributed by atoms with Gasteiger partial charge in [0.1, 0.15) is 0 Å². The van der Waals surface area contributed by atoms with E-state index in [4.69, 9.17) is 16.9 Å². The van der Waals surface area contributed by atoms with Gasteiger partial charge in [-0.25, -0.2) is 4.79 Å². The first-order valence-corrected chi connectivity index (χ1v) is 9.92. The number of likely N-dealkylation sites (tertiary alicyclic amines) is 1. The summed E-state index contributed by atoms with van der Waals surface area (Å²) in [4.78, 5) is 13.9. The number of piperidine rings is 1. The van der Waals surface area contributed by atoms with Crippen LogP contribution in [0.15, 0.2) is 18.3 Å². The maximum absolute atomic E-state index is 12.2. The van der Waals surface area contributed by atoms with Crippen LogP contribution >= 0.6 is 11.6 Å². The number of nitriles is 1. The average Bonchev–Trinajstić information content (AvgIpc) is 3.15. The molecule has 1 aliphatic rings. The largest absolute Gasteiger partial charge is 0.388 e. The number of nitrogens with one attached hydrogen (secondary N) is 2. The van der Waals surface area contributed by atoms with Crippen molar-refractivity contribution >= 4 is 28.5 Å². The number of rotatable bonds is 5. The Labute approximate surface area is 169 Å². The number of amides is 2. The van der Waals surface area contributed by atoms with E-state index in [0.717, 1.165) is 29.3 Å². The second kappa shape index (κ2) is 8.38. The van der Waals surface area contributed by atoms with E-state index in [1.54, 1.807) is 17.2 Å². The van der Waals surface area contributed by atoms with Gasteiger partial charge in [-0.15, -0.1) is 0 Å². The molecule has 1 aromatic heterocycles. The van der Waals surface area contributed by atoms with Crippen molar-refractivity contribution in [3.8, 4) is 6.07 Å².